The monoisotopic (exact) mass is 232 g/mol. The van der Waals surface area contributed by atoms with Gasteiger partial charge in [0.05, 0.1) is 12.1 Å². The van der Waals surface area contributed by atoms with Crippen molar-refractivity contribution in [3.05, 3.63) is 28.5 Å². The third-order valence-electron chi connectivity index (χ3n) is 1.92. The first-order valence-electron chi connectivity index (χ1n) is 4.28. The number of ether oxygens (including phenoxy) is 1. The Morgan fingerprint density at radius 3 is 2.80 bits per heavy atom. The highest BCUT2D eigenvalue weighted by Crippen LogP contribution is 2.26. The molecule has 1 N–H and O–H groups in total. The van der Waals surface area contributed by atoms with Crippen LogP contribution in [0.15, 0.2) is 12.1 Å². The SMILES string of the molecule is COc1cc(F)c(Cl)c(CCC(=O)O)c1. The van der Waals surface area contributed by atoms with Gasteiger partial charge in [-0.2, -0.15) is 0 Å². The second kappa shape index (κ2) is 4.98. The number of methoxy groups -OCH3 is 1. The lowest BCUT2D eigenvalue weighted by molar-refractivity contribution is -0.136. The summed E-state index contributed by atoms with van der Waals surface area (Å²) in [6.07, 6.45) is 0.0919. The van der Waals surface area contributed by atoms with Crippen molar-refractivity contribution in [1.82, 2.24) is 0 Å². The molecule has 0 atom stereocenters. The molecule has 0 bridgehead atoms. The van der Waals surface area contributed by atoms with Crippen LogP contribution in [0.25, 0.3) is 0 Å². The number of carboxylic acids is 1. The van der Waals surface area contributed by atoms with E-state index in [0.717, 1.165) is 6.07 Å². The maximum absolute atomic E-state index is 13.2. The molecule has 0 aromatic heterocycles. The van der Waals surface area contributed by atoms with Crippen LogP contribution >= 0.6 is 11.6 Å². The zero-order valence-corrected chi connectivity index (χ0v) is 8.84. The Bertz CT molecular complexity index is 379. The van der Waals surface area contributed by atoms with E-state index in [4.69, 9.17) is 21.4 Å². The van der Waals surface area contributed by atoms with Crippen molar-refractivity contribution in [1.29, 1.82) is 0 Å². The zero-order chi connectivity index (χ0) is 11.4. The molecule has 0 radical (unpaired) electrons. The Morgan fingerprint density at radius 2 is 2.27 bits per heavy atom. The Hall–Kier alpha value is -1.29. The van der Waals surface area contributed by atoms with Crippen molar-refractivity contribution in [3.8, 4) is 5.75 Å². The van der Waals surface area contributed by atoms with E-state index < -0.39 is 11.8 Å². The number of hydrogen-bond donors (Lipinski definition) is 1. The lowest BCUT2D eigenvalue weighted by Crippen LogP contribution is -1.99. The first kappa shape index (κ1) is 11.8. The van der Waals surface area contributed by atoms with Crippen LogP contribution in [0.3, 0.4) is 0 Å². The smallest absolute Gasteiger partial charge is 0.303 e. The highest BCUT2D eigenvalue weighted by Gasteiger charge is 2.10. The molecule has 1 rings (SSSR count). The highest BCUT2D eigenvalue weighted by atomic mass is 35.5. The second-order valence-corrected chi connectivity index (χ2v) is 3.35. The fraction of sp³-hybridized carbons (Fsp3) is 0.300. The summed E-state index contributed by atoms with van der Waals surface area (Å²) in [7, 11) is 1.41. The fourth-order valence-corrected chi connectivity index (χ4v) is 1.36. The zero-order valence-electron chi connectivity index (χ0n) is 8.09. The van der Waals surface area contributed by atoms with Gasteiger partial charge in [-0.05, 0) is 18.1 Å². The van der Waals surface area contributed by atoms with Crippen LogP contribution in [0.4, 0.5) is 4.39 Å². The molecule has 5 heteroatoms. The molecule has 0 fully saturated rings. The van der Waals surface area contributed by atoms with E-state index in [2.05, 4.69) is 0 Å². The number of halogens is 2. The lowest BCUT2D eigenvalue weighted by atomic mass is 10.1. The molecule has 0 heterocycles. The topological polar surface area (TPSA) is 46.5 Å². The molecule has 0 unspecified atom stereocenters. The Labute approximate surface area is 91.4 Å². The van der Waals surface area contributed by atoms with Gasteiger partial charge in [0, 0.05) is 12.5 Å². The predicted octanol–water partition coefficient (Wildman–Crippen LogP) is 2.50. The maximum atomic E-state index is 13.2. The van der Waals surface area contributed by atoms with Gasteiger partial charge in [-0.25, -0.2) is 4.39 Å². The van der Waals surface area contributed by atoms with E-state index in [0.29, 0.717) is 11.3 Å². The van der Waals surface area contributed by atoms with Crippen molar-refractivity contribution in [3.63, 3.8) is 0 Å². The van der Waals surface area contributed by atoms with Gasteiger partial charge < -0.3 is 9.84 Å². The number of carbonyl (C=O) groups is 1. The molecule has 0 aliphatic rings. The van der Waals surface area contributed by atoms with Crippen molar-refractivity contribution in [2.75, 3.05) is 7.11 Å². The van der Waals surface area contributed by atoms with Gasteiger partial charge in [0.25, 0.3) is 0 Å². The average molecular weight is 233 g/mol. The Morgan fingerprint density at radius 1 is 1.60 bits per heavy atom. The molecular weight excluding hydrogens is 223 g/mol. The third kappa shape index (κ3) is 3.09. The average Bonchev–Trinajstić information content (AvgIpc) is 2.19. The molecule has 1 aromatic carbocycles. The standard InChI is InChI=1S/C10H10ClFO3/c1-15-7-4-6(2-3-9(13)14)10(11)8(12)5-7/h4-5H,2-3H2,1H3,(H,13,14). The first-order chi connectivity index (χ1) is 7.04. The third-order valence-corrected chi connectivity index (χ3v) is 2.34. The highest BCUT2D eigenvalue weighted by molar-refractivity contribution is 6.31. The van der Waals surface area contributed by atoms with Gasteiger partial charge in [0.1, 0.15) is 11.6 Å². The second-order valence-electron chi connectivity index (χ2n) is 2.98. The Kier molecular flexibility index (Phi) is 3.91. The molecule has 0 aliphatic carbocycles. The fourth-order valence-electron chi connectivity index (χ4n) is 1.16. The van der Waals surface area contributed by atoms with Crippen LogP contribution in [-0.4, -0.2) is 18.2 Å². The summed E-state index contributed by atoms with van der Waals surface area (Å²) in [5.74, 6) is -1.22. The molecule has 1 aromatic rings. The number of aliphatic carboxylic acids is 1. The summed E-state index contributed by atoms with van der Waals surface area (Å²) in [6, 6.07) is 2.70. The minimum atomic E-state index is -0.950. The van der Waals surface area contributed by atoms with Gasteiger partial charge in [0.15, 0.2) is 0 Å². The lowest BCUT2D eigenvalue weighted by Gasteiger charge is -2.07. The predicted molar refractivity (Wildman–Crippen MR) is 53.9 cm³/mol. The van der Waals surface area contributed by atoms with Gasteiger partial charge in [-0.1, -0.05) is 11.6 Å². The molecule has 82 valence electrons. The van der Waals surface area contributed by atoms with Crippen LogP contribution in [0, 0.1) is 5.82 Å². The molecular formula is C10H10ClFO3. The number of hydrogen-bond acceptors (Lipinski definition) is 2. The normalized spacial score (nSPS) is 10.1. The summed E-state index contributed by atoms with van der Waals surface area (Å²) < 4.78 is 18.0. The van der Waals surface area contributed by atoms with Crippen molar-refractivity contribution in [2.45, 2.75) is 12.8 Å². The van der Waals surface area contributed by atoms with Crippen LogP contribution in [-0.2, 0) is 11.2 Å². The summed E-state index contributed by atoms with van der Waals surface area (Å²) in [5.41, 5.74) is 0.441. The summed E-state index contributed by atoms with van der Waals surface area (Å²) in [5, 5.41) is 8.45. The van der Waals surface area contributed by atoms with E-state index in [1.807, 2.05) is 0 Å². The van der Waals surface area contributed by atoms with Crippen LogP contribution in [0.1, 0.15) is 12.0 Å². The molecule has 0 spiro atoms. The van der Waals surface area contributed by atoms with Gasteiger partial charge in [-0.3, -0.25) is 4.79 Å². The Balaban J connectivity index is 2.94. The molecule has 0 saturated heterocycles. The maximum Gasteiger partial charge on any atom is 0.303 e. The summed E-state index contributed by atoms with van der Waals surface area (Å²) in [4.78, 5) is 10.4. The van der Waals surface area contributed by atoms with Crippen molar-refractivity contribution >= 4 is 17.6 Å². The van der Waals surface area contributed by atoms with E-state index in [9.17, 15) is 9.18 Å². The molecule has 3 nitrogen and oxygen atoms in total. The van der Waals surface area contributed by atoms with E-state index in [-0.39, 0.29) is 17.9 Å². The molecule has 15 heavy (non-hydrogen) atoms. The van der Waals surface area contributed by atoms with Gasteiger partial charge in [0.2, 0.25) is 0 Å². The van der Waals surface area contributed by atoms with Crippen molar-refractivity contribution in [2.24, 2.45) is 0 Å². The quantitative estimate of drug-likeness (QED) is 0.868. The van der Waals surface area contributed by atoms with Crippen LogP contribution < -0.4 is 4.74 Å². The molecule has 0 aliphatic heterocycles. The molecule has 0 saturated carbocycles. The number of benzene rings is 1. The minimum absolute atomic E-state index is 0.0444. The van der Waals surface area contributed by atoms with E-state index in [1.54, 1.807) is 0 Å². The largest absolute Gasteiger partial charge is 0.497 e. The summed E-state index contributed by atoms with van der Waals surface area (Å²) >= 11 is 5.68. The van der Waals surface area contributed by atoms with E-state index >= 15 is 0 Å². The van der Waals surface area contributed by atoms with Gasteiger partial charge in [-0.15, -0.1) is 0 Å². The first-order valence-corrected chi connectivity index (χ1v) is 4.66. The number of rotatable bonds is 4. The number of aryl methyl sites for hydroxylation is 1. The van der Waals surface area contributed by atoms with Crippen LogP contribution in [0.5, 0.6) is 5.75 Å². The number of carboxylic acid groups (broad SMARTS) is 1. The minimum Gasteiger partial charge on any atom is -0.497 e. The van der Waals surface area contributed by atoms with Crippen molar-refractivity contribution < 1.29 is 19.0 Å². The van der Waals surface area contributed by atoms with E-state index in [1.165, 1.54) is 13.2 Å². The van der Waals surface area contributed by atoms with Crippen LogP contribution in [0.2, 0.25) is 5.02 Å². The summed E-state index contributed by atoms with van der Waals surface area (Å²) in [6.45, 7) is 0. The molecule has 0 amide bonds. The van der Waals surface area contributed by atoms with Gasteiger partial charge >= 0.3 is 5.97 Å².